The predicted molar refractivity (Wildman–Crippen MR) is 123 cm³/mol. The summed E-state index contributed by atoms with van der Waals surface area (Å²) in [6, 6.07) is 9.51. The number of thiazole rings is 1. The third-order valence-electron chi connectivity index (χ3n) is 4.71. The van der Waals surface area contributed by atoms with Crippen molar-refractivity contribution in [3.05, 3.63) is 46.8 Å². The van der Waals surface area contributed by atoms with Crippen LogP contribution in [0.4, 0.5) is 0 Å². The standard InChI is InChI=1S/C22H24N2O7S2/c1-5-31-19(26)13-24-20-16(29-2)10-11-17(30-3)21(20)32-22(24)23-18(25)12-14-6-8-15(9-7-14)33(4,27)28/h6-11H,5,12-13H2,1-4H3. The van der Waals surface area contributed by atoms with Gasteiger partial charge in [-0.05, 0) is 36.8 Å². The van der Waals surface area contributed by atoms with Crippen LogP contribution in [0.15, 0.2) is 46.3 Å². The van der Waals surface area contributed by atoms with Gasteiger partial charge < -0.3 is 18.8 Å². The van der Waals surface area contributed by atoms with E-state index < -0.39 is 21.7 Å². The molecule has 3 aromatic rings. The molecule has 1 amide bonds. The highest BCUT2D eigenvalue weighted by atomic mass is 32.2. The van der Waals surface area contributed by atoms with Gasteiger partial charge in [-0.1, -0.05) is 23.5 Å². The van der Waals surface area contributed by atoms with Crippen molar-refractivity contribution in [3.8, 4) is 11.5 Å². The second kappa shape index (κ2) is 10.2. The zero-order chi connectivity index (χ0) is 24.2. The smallest absolute Gasteiger partial charge is 0.326 e. The maximum absolute atomic E-state index is 12.7. The Kier molecular flexibility index (Phi) is 7.54. The topological polar surface area (TPSA) is 113 Å². The van der Waals surface area contributed by atoms with Gasteiger partial charge in [-0.2, -0.15) is 4.99 Å². The van der Waals surface area contributed by atoms with Crippen molar-refractivity contribution in [2.24, 2.45) is 4.99 Å². The van der Waals surface area contributed by atoms with Crippen molar-refractivity contribution < 1.29 is 32.2 Å². The summed E-state index contributed by atoms with van der Waals surface area (Å²) in [6.45, 7) is 1.77. The quantitative estimate of drug-likeness (QED) is 0.444. The molecule has 0 aliphatic heterocycles. The second-order valence-corrected chi connectivity index (χ2v) is 10.0. The van der Waals surface area contributed by atoms with Gasteiger partial charge in [0.1, 0.15) is 28.3 Å². The van der Waals surface area contributed by atoms with Crippen LogP contribution < -0.4 is 14.3 Å². The average Bonchev–Trinajstić information content (AvgIpc) is 3.10. The number of ether oxygens (including phenoxy) is 3. The summed E-state index contributed by atoms with van der Waals surface area (Å²) in [7, 11) is -0.288. The van der Waals surface area contributed by atoms with Crippen LogP contribution in [0, 0.1) is 0 Å². The number of fused-ring (bicyclic) bond motifs is 1. The highest BCUT2D eigenvalue weighted by Gasteiger charge is 2.19. The Morgan fingerprint density at radius 2 is 1.67 bits per heavy atom. The first-order chi connectivity index (χ1) is 15.7. The largest absolute Gasteiger partial charge is 0.495 e. The Morgan fingerprint density at radius 3 is 2.24 bits per heavy atom. The summed E-state index contributed by atoms with van der Waals surface area (Å²) >= 11 is 1.19. The Labute approximate surface area is 195 Å². The van der Waals surface area contributed by atoms with Crippen molar-refractivity contribution >= 4 is 43.3 Å². The molecule has 0 saturated heterocycles. The van der Waals surface area contributed by atoms with Crippen LogP contribution in [0.2, 0.25) is 0 Å². The van der Waals surface area contributed by atoms with Crippen LogP contribution in [0.3, 0.4) is 0 Å². The maximum atomic E-state index is 12.7. The zero-order valence-corrected chi connectivity index (χ0v) is 20.3. The molecular weight excluding hydrogens is 468 g/mol. The lowest BCUT2D eigenvalue weighted by atomic mass is 10.1. The third kappa shape index (κ3) is 5.60. The number of nitrogens with zero attached hydrogens (tertiary/aromatic N) is 2. The number of carbonyl (C=O) groups is 2. The summed E-state index contributed by atoms with van der Waals surface area (Å²) < 4.78 is 41.5. The molecule has 0 atom stereocenters. The molecule has 0 aliphatic carbocycles. The van der Waals surface area contributed by atoms with E-state index in [1.807, 2.05) is 0 Å². The fraction of sp³-hybridized carbons (Fsp3) is 0.318. The Balaban J connectivity index is 2.06. The van der Waals surface area contributed by atoms with E-state index in [1.165, 1.54) is 37.7 Å². The normalized spacial score (nSPS) is 12.1. The number of aromatic nitrogens is 1. The van der Waals surface area contributed by atoms with Crippen molar-refractivity contribution in [1.29, 1.82) is 0 Å². The van der Waals surface area contributed by atoms with Gasteiger partial charge in [-0.15, -0.1) is 0 Å². The number of sulfone groups is 1. The van der Waals surface area contributed by atoms with Crippen molar-refractivity contribution in [3.63, 3.8) is 0 Å². The highest BCUT2D eigenvalue weighted by molar-refractivity contribution is 7.90. The molecule has 176 valence electrons. The van der Waals surface area contributed by atoms with E-state index in [0.29, 0.717) is 32.1 Å². The van der Waals surface area contributed by atoms with Gasteiger partial charge in [0.15, 0.2) is 14.6 Å². The lowest BCUT2D eigenvalue weighted by Crippen LogP contribution is -2.23. The van der Waals surface area contributed by atoms with Crippen LogP contribution in [0.1, 0.15) is 12.5 Å². The molecule has 11 heteroatoms. The molecule has 1 aromatic heterocycles. The van der Waals surface area contributed by atoms with E-state index >= 15 is 0 Å². The van der Waals surface area contributed by atoms with Gasteiger partial charge in [0, 0.05) is 6.26 Å². The molecule has 0 radical (unpaired) electrons. The van der Waals surface area contributed by atoms with Gasteiger partial charge >= 0.3 is 5.97 Å². The number of methoxy groups -OCH3 is 2. The summed E-state index contributed by atoms with van der Waals surface area (Å²) in [5, 5.41) is 0. The van der Waals surface area contributed by atoms with E-state index in [4.69, 9.17) is 14.2 Å². The third-order valence-corrected chi connectivity index (χ3v) is 6.93. The number of carbonyl (C=O) groups excluding carboxylic acids is 2. The van der Waals surface area contributed by atoms with Crippen LogP contribution in [0.25, 0.3) is 10.2 Å². The number of amides is 1. The SMILES string of the molecule is CCOC(=O)Cn1c(=NC(=O)Cc2ccc(S(C)(=O)=O)cc2)sc2c(OC)ccc(OC)c21. The molecule has 0 aliphatic rings. The maximum Gasteiger partial charge on any atom is 0.326 e. The second-order valence-electron chi connectivity index (χ2n) is 7.02. The first-order valence-electron chi connectivity index (χ1n) is 9.94. The van der Waals surface area contributed by atoms with E-state index in [2.05, 4.69) is 4.99 Å². The van der Waals surface area contributed by atoms with Crippen molar-refractivity contribution in [2.45, 2.75) is 24.8 Å². The molecule has 9 nitrogen and oxygen atoms in total. The van der Waals surface area contributed by atoms with Gasteiger partial charge in [-0.3, -0.25) is 9.59 Å². The minimum Gasteiger partial charge on any atom is -0.495 e. The van der Waals surface area contributed by atoms with E-state index in [0.717, 1.165) is 6.26 Å². The zero-order valence-electron chi connectivity index (χ0n) is 18.7. The predicted octanol–water partition coefficient (Wildman–Crippen LogP) is 2.36. The lowest BCUT2D eigenvalue weighted by Gasteiger charge is -2.10. The minimum atomic E-state index is -3.32. The first-order valence-corrected chi connectivity index (χ1v) is 12.6. The molecule has 1 heterocycles. The number of rotatable bonds is 8. The van der Waals surface area contributed by atoms with E-state index in [9.17, 15) is 18.0 Å². The molecule has 33 heavy (non-hydrogen) atoms. The summed E-state index contributed by atoms with van der Waals surface area (Å²) in [5.41, 5.74) is 1.18. The molecule has 0 saturated carbocycles. The highest BCUT2D eigenvalue weighted by Crippen LogP contribution is 2.35. The molecule has 0 bridgehead atoms. The summed E-state index contributed by atoms with van der Waals surface area (Å²) in [4.78, 5) is 29.7. The fourth-order valence-electron chi connectivity index (χ4n) is 3.20. The van der Waals surface area contributed by atoms with Gasteiger partial charge in [0.05, 0.1) is 32.1 Å². The monoisotopic (exact) mass is 492 g/mol. The number of hydrogen-bond acceptors (Lipinski definition) is 8. The summed E-state index contributed by atoms with van der Waals surface area (Å²) in [5.74, 6) is 0.117. The fourth-order valence-corrected chi connectivity index (χ4v) is 4.98. The molecule has 0 unspecified atom stereocenters. The van der Waals surface area contributed by atoms with E-state index in [1.54, 1.807) is 35.8 Å². The van der Waals surface area contributed by atoms with Crippen LogP contribution in [-0.4, -0.2) is 51.9 Å². The van der Waals surface area contributed by atoms with Crippen LogP contribution >= 0.6 is 11.3 Å². The van der Waals surface area contributed by atoms with Gasteiger partial charge in [0.2, 0.25) is 0 Å². The summed E-state index contributed by atoms with van der Waals surface area (Å²) in [6.07, 6.45) is 1.08. The number of benzene rings is 2. The lowest BCUT2D eigenvalue weighted by molar-refractivity contribution is -0.143. The van der Waals surface area contributed by atoms with Crippen molar-refractivity contribution in [1.82, 2.24) is 4.57 Å². The Hall–Kier alpha value is -3.18. The Morgan fingerprint density at radius 1 is 1.03 bits per heavy atom. The van der Waals surface area contributed by atoms with Crippen LogP contribution in [0.5, 0.6) is 11.5 Å². The molecule has 0 spiro atoms. The van der Waals surface area contributed by atoms with Crippen LogP contribution in [-0.2, 0) is 37.1 Å². The molecule has 0 fully saturated rings. The molecule has 2 aromatic carbocycles. The van der Waals surface area contributed by atoms with E-state index in [-0.39, 0.29) is 24.5 Å². The number of hydrogen-bond donors (Lipinski definition) is 0. The molecule has 0 N–H and O–H groups in total. The molecule has 3 rings (SSSR count). The van der Waals surface area contributed by atoms with Crippen molar-refractivity contribution in [2.75, 3.05) is 27.1 Å². The first kappa shape index (κ1) is 24.5. The average molecular weight is 493 g/mol. The van der Waals surface area contributed by atoms with Gasteiger partial charge in [0.25, 0.3) is 5.91 Å². The Bertz CT molecular complexity index is 1350. The minimum absolute atomic E-state index is 0.0358. The number of esters is 1. The van der Waals surface area contributed by atoms with Gasteiger partial charge in [-0.25, -0.2) is 8.42 Å². The molecular formula is C22H24N2O7S2.